The van der Waals surface area contributed by atoms with Crippen molar-refractivity contribution in [2.75, 3.05) is 19.8 Å². The predicted octanol–water partition coefficient (Wildman–Crippen LogP) is 2.77. The average Bonchev–Trinajstić information content (AvgIpc) is 2.17. The summed E-state index contributed by atoms with van der Waals surface area (Å²) in [7, 11) is 3.56. The first-order valence-corrected chi connectivity index (χ1v) is 6.56. The lowest BCUT2D eigenvalue weighted by Crippen LogP contribution is -2.23. The Labute approximate surface area is 103 Å². The van der Waals surface area contributed by atoms with Gasteiger partial charge < -0.3 is 4.90 Å². The molecule has 4 heteroatoms. The lowest BCUT2D eigenvalue weighted by atomic mass is 10.2. The van der Waals surface area contributed by atoms with Crippen molar-refractivity contribution in [3.8, 4) is 0 Å². The number of amides is 1. The maximum Gasteiger partial charge on any atom is 0.232 e. The number of hydrogen-bond acceptors (Lipinski definition) is 2. The highest BCUT2D eigenvalue weighted by molar-refractivity contribution is 9.10. The Morgan fingerprint density at radius 2 is 2.20 bits per heavy atom. The molecule has 0 bridgehead atoms. The van der Waals surface area contributed by atoms with E-state index in [2.05, 4.69) is 28.1 Å². The number of carbonyl (C=O) groups is 1. The molecule has 0 radical (unpaired) electrons. The van der Waals surface area contributed by atoms with Crippen LogP contribution in [0.5, 0.6) is 0 Å². The number of benzene rings is 1. The first kappa shape index (κ1) is 12.6. The number of halogens is 1. The minimum atomic E-state index is 0.162. The van der Waals surface area contributed by atoms with Crippen LogP contribution in [0.1, 0.15) is 5.56 Å². The normalized spacial score (nSPS) is 10.1. The Morgan fingerprint density at radius 1 is 1.47 bits per heavy atom. The molecule has 0 aromatic heterocycles. The van der Waals surface area contributed by atoms with Crippen molar-refractivity contribution in [3.63, 3.8) is 0 Å². The van der Waals surface area contributed by atoms with Gasteiger partial charge in [-0.1, -0.05) is 28.1 Å². The van der Waals surface area contributed by atoms with Gasteiger partial charge in [-0.2, -0.15) is 0 Å². The molecule has 0 aliphatic heterocycles. The Hall–Kier alpha value is -0.480. The molecule has 1 rings (SSSR count). The minimum Gasteiger partial charge on any atom is -0.348 e. The van der Waals surface area contributed by atoms with E-state index in [-0.39, 0.29) is 5.91 Å². The van der Waals surface area contributed by atoms with E-state index in [1.165, 1.54) is 5.56 Å². The predicted molar refractivity (Wildman–Crippen MR) is 69.0 cm³/mol. The summed E-state index contributed by atoms with van der Waals surface area (Å²) in [4.78, 5) is 12.9. The van der Waals surface area contributed by atoms with Gasteiger partial charge >= 0.3 is 0 Å². The average molecular weight is 288 g/mol. The molecule has 0 fully saturated rings. The number of hydrogen-bond donors (Lipinski definition) is 0. The number of carbonyl (C=O) groups excluding carboxylic acids is 1. The van der Waals surface area contributed by atoms with Gasteiger partial charge in [0.15, 0.2) is 0 Å². The van der Waals surface area contributed by atoms with E-state index < -0.39 is 0 Å². The van der Waals surface area contributed by atoms with Gasteiger partial charge in [-0.15, -0.1) is 11.8 Å². The molecule has 2 nitrogen and oxygen atoms in total. The van der Waals surface area contributed by atoms with Gasteiger partial charge in [-0.25, -0.2) is 0 Å². The van der Waals surface area contributed by atoms with Crippen LogP contribution in [0.3, 0.4) is 0 Å². The zero-order valence-electron chi connectivity index (χ0n) is 8.87. The first-order chi connectivity index (χ1) is 7.09. The van der Waals surface area contributed by atoms with Crippen LogP contribution in [0, 0.1) is 0 Å². The maximum atomic E-state index is 11.3. The van der Waals surface area contributed by atoms with Crippen LogP contribution in [0.25, 0.3) is 0 Å². The molecule has 82 valence electrons. The third-order valence-corrected chi connectivity index (χ3v) is 3.36. The van der Waals surface area contributed by atoms with Gasteiger partial charge in [0.25, 0.3) is 0 Å². The van der Waals surface area contributed by atoms with E-state index in [0.717, 1.165) is 10.2 Å². The van der Waals surface area contributed by atoms with Crippen molar-refractivity contribution in [2.45, 2.75) is 5.75 Å². The second-order valence-corrected chi connectivity index (χ2v) is 5.31. The molecule has 0 atom stereocenters. The fraction of sp³-hybridized carbons (Fsp3) is 0.364. The van der Waals surface area contributed by atoms with E-state index >= 15 is 0 Å². The van der Waals surface area contributed by atoms with E-state index in [1.807, 2.05) is 12.1 Å². The van der Waals surface area contributed by atoms with Crippen LogP contribution >= 0.6 is 27.7 Å². The molecular formula is C11H14BrNOS. The van der Waals surface area contributed by atoms with Crippen molar-refractivity contribution in [1.29, 1.82) is 0 Å². The summed E-state index contributed by atoms with van der Waals surface area (Å²) in [6, 6.07) is 8.15. The third-order valence-electron chi connectivity index (χ3n) is 1.88. The smallest absolute Gasteiger partial charge is 0.232 e. The van der Waals surface area contributed by atoms with Crippen molar-refractivity contribution < 1.29 is 4.79 Å². The molecule has 0 unspecified atom stereocenters. The Kier molecular flexibility index (Phi) is 5.19. The number of nitrogens with zero attached hydrogens (tertiary/aromatic N) is 1. The van der Waals surface area contributed by atoms with Gasteiger partial charge in [-0.3, -0.25) is 4.79 Å². The molecule has 0 saturated heterocycles. The van der Waals surface area contributed by atoms with Gasteiger partial charge in [0.05, 0.1) is 5.75 Å². The molecule has 0 heterocycles. The van der Waals surface area contributed by atoms with Crippen LogP contribution in [0.15, 0.2) is 28.7 Å². The van der Waals surface area contributed by atoms with Crippen LogP contribution in [0.4, 0.5) is 0 Å². The lowest BCUT2D eigenvalue weighted by molar-refractivity contribution is -0.125. The van der Waals surface area contributed by atoms with Crippen molar-refractivity contribution >= 4 is 33.6 Å². The van der Waals surface area contributed by atoms with Crippen molar-refractivity contribution in [3.05, 3.63) is 34.3 Å². The topological polar surface area (TPSA) is 20.3 Å². The molecule has 0 N–H and O–H groups in total. The van der Waals surface area contributed by atoms with Gasteiger partial charge in [-0.05, 0) is 17.7 Å². The molecule has 0 aliphatic carbocycles. The maximum absolute atomic E-state index is 11.3. The van der Waals surface area contributed by atoms with Crippen molar-refractivity contribution in [1.82, 2.24) is 4.90 Å². The Morgan fingerprint density at radius 3 is 2.80 bits per heavy atom. The molecule has 1 aromatic rings. The molecule has 0 saturated carbocycles. The van der Waals surface area contributed by atoms with Gasteiger partial charge in [0.2, 0.25) is 5.91 Å². The van der Waals surface area contributed by atoms with Crippen LogP contribution < -0.4 is 0 Å². The van der Waals surface area contributed by atoms with Gasteiger partial charge in [0, 0.05) is 24.3 Å². The van der Waals surface area contributed by atoms with Gasteiger partial charge in [0.1, 0.15) is 0 Å². The fourth-order valence-corrected chi connectivity index (χ4v) is 2.41. The highest BCUT2D eigenvalue weighted by Gasteiger charge is 2.03. The van der Waals surface area contributed by atoms with E-state index in [9.17, 15) is 4.79 Å². The lowest BCUT2D eigenvalue weighted by Gasteiger charge is -2.09. The summed E-state index contributed by atoms with van der Waals surface area (Å²) < 4.78 is 1.08. The third kappa shape index (κ3) is 4.71. The molecule has 0 aliphatic rings. The summed E-state index contributed by atoms with van der Waals surface area (Å²) >= 11 is 5.06. The zero-order chi connectivity index (χ0) is 11.3. The van der Waals surface area contributed by atoms with E-state index in [4.69, 9.17) is 0 Å². The first-order valence-electron chi connectivity index (χ1n) is 4.62. The SMILES string of the molecule is CN(C)C(=O)CSCc1cccc(Br)c1. The van der Waals surface area contributed by atoms with E-state index in [1.54, 1.807) is 30.8 Å². The minimum absolute atomic E-state index is 0.162. The summed E-state index contributed by atoms with van der Waals surface area (Å²) in [5, 5.41) is 0. The molecule has 15 heavy (non-hydrogen) atoms. The molecular weight excluding hydrogens is 274 g/mol. The second kappa shape index (κ2) is 6.18. The van der Waals surface area contributed by atoms with E-state index in [0.29, 0.717) is 5.75 Å². The largest absolute Gasteiger partial charge is 0.348 e. The van der Waals surface area contributed by atoms with Crippen molar-refractivity contribution in [2.24, 2.45) is 0 Å². The molecule has 1 aromatic carbocycles. The van der Waals surface area contributed by atoms with Crippen LogP contribution in [0.2, 0.25) is 0 Å². The standard InChI is InChI=1S/C11H14BrNOS/c1-13(2)11(14)8-15-7-9-4-3-5-10(12)6-9/h3-6H,7-8H2,1-2H3. The molecule has 1 amide bonds. The highest BCUT2D eigenvalue weighted by atomic mass is 79.9. The highest BCUT2D eigenvalue weighted by Crippen LogP contribution is 2.17. The number of rotatable bonds is 4. The fourth-order valence-electron chi connectivity index (χ4n) is 1.01. The Balaban J connectivity index is 2.35. The number of thioether (sulfide) groups is 1. The Bertz CT molecular complexity index is 341. The monoisotopic (exact) mass is 287 g/mol. The summed E-state index contributed by atoms with van der Waals surface area (Å²) in [6.45, 7) is 0. The molecule has 0 spiro atoms. The summed E-state index contributed by atoms with van der Waals surface area (Å²) in [5.74, 6) is 1.58. The summed E-state index contributed by atoms with van der Waals surface area (Å²) in [6.07, 6.45) is 0. The second-order valence-electron chi connectivity index (χ2n) is 3.41. The summed E-state index contributed by atoms with van der Waals surface area (Å²) in [5.41, 5.74) is 1.24. The van der Waals surface area contributed by atoms with Crippen LogP contribution in [-0.4, -0.2) is 30.7 Å². The quantitative estimate of drug-likeness (QED) is 0.849. The zero-order valence-corrected chi connectivity index (χ0v) is 11.3. The van der Waals surface area contributed by atoms with Crippen LogP contribution in [-0.2, 0) is 10.5 Å².